The molecule has 2 heterocycles. The molecule has 4 aromatic rings. The van der Waals surface area contributed by atoms with Crippen LogP contribution in [0.25, 0.3) is 0 Å². The van der Waals surface area contributed by atoms with Crippen molar-refractivity contribution in [3.8, 4) is 0 Å². The number of nitrogens with zero attached hydrogens (tertiary/aromatic N) is 2. The number of imide groups is 2. The number of amides is 4. The second-order valence-electron chi connectivity index (χ2n) is 10.7. The van der Waals surface area contributed by atoms with E-state index in [-0.39, 0.29) is 17.8 Å². The lowest BCUT2D eigenvalue weighted by Crippen LogP contribution is -2.51. The van der Waals surface area contributed by atoms with Gasteiger partial charge in [0, 0.05) is 0 Å². The zero-order chi connectivity index (χ0) is 28.5. The van der Waals surface area contributed by atoms with Gasteiger partial charge in [-0.2, -0.15) is 0 Å². The number of anilines is 2. The van der Waals surface area contributed by atoms with Crippen molar-refractivity contribution in [1.82, 2.24) is 0 Å². The SMILES string of the molecule is O=C1[C@@H]2c3ccccc3[C@@H]3C(=O)N(c4ccc(F)cc4)C(=O)[C@H]3[C@]2(Cc2ccccc2)C(=O)N1c1ccc(F)cc1. The van der Waals surface area contributed by atoms with E-state index in [1.807, 2.05) is 18.2 Å². The monoisotopic (exact) mass is 548 g/mol. The Bertz CT molecular complexity index is 1740. The summed E-state index contributed by atoms with van der Waals surface area (Å²) in [6.07, 6.45) is 0.0204. The average Bonchev–Trinajstić information content (AvgIpc) is 3.37. The van der Waals surface area contributed by atoms with Gasteiger partial charge < -0.3 is 0 Å². The third-order valence-electron chi connectivity index (χ3n) is 8.60. The minimum Gasteiger partial charge on any atom is -0.274 e. The molecule has 1 aliphatic carbocycles. The Morgan fingerprint density at radius 2 is 1.12 bits per heavy atom. The first-order valence-electron chi connectivity index (χ1n) is 13.2. The molecule has 7 rings (SSSR count). The van der Waals surface area contributed by atoms with Crippen molar-refractivity contribution in [3.05, 3.63) is 131 Å². The Balaban J connectivity index is 1.49. The first-order valence-corrected chi connectivity index (χ1v) is 13.2. The second-order valence-corrected chi connectivity index (χ2v) is 10.7. The molecule has 41 heavy (non-hydrogen) atoms. The fraction of sp³-hybridized carbons (Fsp3) is 0.152. The van der Waals surface area contributed by atoms with Crippen LogP contribution in [0.3, 0.4) is 0 Å². The van der Waals surface area contributed by atoms with E-state index in [4.69, 9.17) is 0 Å². The molecule has 8 heteroatoms. The van der Waals surface area contributed by atoms with Gasteiger partial charge in [-0.05, 0) is 71.6 Å². The van der Waals surface area contributed by atoms with E-state index < -0.39 is 58.4 Å². The highest BCUT2D eigenvalue weighted by atomic mass is 19.1. The zero-order valence-electron chi connectivity index (χ0n) is 21.5. The summed E-state index contributed by atoms with van der Waals surface area (Å²) >= 11 is 0. The number of fused-ring (bicyclic) bond motifs is 6. The number of benzene rings is 4. The van der Waals surface area contributed by atoms with Gasteiger partial charge in [-0.15, -0.1) is 0 Å². The fourth-order valence-electron chi connectivity index (χ4n) is 6.96. The van der Waals surface area contributed by atoms with Crippen LogP contribution < -0.4 is 9.80 Å². The van der Waals surface area contributed by atoms with Crippen LogP contribution in [0.1, 0.15) is 28.5 Å². The van der Waals surface area contributed by atoms with Crippen molar-refractivity contribution >= 4 is 35.0 Å². The molecule has 0 aromatic heterocycles. The van der Waals surface area contributed by atoms with Crippen LogP contribution in [0.15, 0.2) is 103 Å². The van der Waals surface area contributed by atoms with Crippen molar-refractivity contribution < 1.29 is 28.0 Å². The molecule has 2 aliphatic heterocycles. The van der Waals surface area contributed by atoms with Gasteiger partial charge in [0.05, 0.1) is 34.5 Å². The second kappa shape index (κ2) is 9.02. The molecule has 0 N–H and O–H groups in total. The quantitative estimate of drug-likeness (QED) is 0.331. The van der Waals surface area contributed by atoms with Crippen LogP contribution in [-0.2, 0) is 25.6 Å². The van der Waals surface area contributed by atoms with Crippen molar-refractivity contribution in [2.45, 2.75) is 18.3 Å². The number of carbonyl (C=O) groups is 4. The predicted molar refractivity (Wildman–Crippen MR) is 146 cm³/mol. The Kier molecular flexibility index (Phi) is 5.51. The number of rotatable bonds is 4. The minimum atomic E-state index is -1.65. The molecule has 0 radical (unpaired) electrons. The fourth-order valence-corrected chi connectivity index (χ4v) is 6.96. The van der Waals surface area contributed by atoms with Crippen LogP contribution in [0.4, 0.5) is 20.2 Å². The summed E-state index contributed by atoms with van der Waals surface area (Å²) in [5.41, 5.74) is 0.466. The summed E-state index contributed by atoms with van der Waals surface area (Å²) in [5.74, 6) is -6.67. The van der Waals surface area contributed by atoms with E-state index in [0.29, 0.717) is 11.1 Å². The number of halogens is 2. The van der Waals surface area contributed by atoms with E-state index in [2.05, 4.69) is 0 Å². The van der Waals surface area contributed by atoms with Gasteiger partial charge in [-0.25, -0.2) is 18.6 Å². The van der Waals surface area contributed by atoms with Crippen molar-refractivity contribution in [2.75, 3.05) is 9.80 Å². The average molecular weight is 549 g/mol. The molecule has 202 valence electrons. The molecule has 4 amide bonds. The topological polar surface area (TPSA) is 74.8 Å². The van der Waals surface area contributed by atoms with Gasteiger partial charge in [-0.3, -0.25) is 19.2 Å². The smallest absolute Gasteiger partial charge is 0.242 e. The molecule has 0 spiro atoms. The summed E-state index contributed by atoms with van der Waals surface area (Å²) in [6.45, 7) is 0. The standard InChI is InChI=1S/C33H22F2N2O4/c34-20-10-14-22(15-11-20)36-29(38)26-24-8-4-5-9-25(24)27-30(39)37(23-16-12-21(35)13-17-23)32(41)33(27,28(26)31(36)40)18-19-6-2-1-3-7-19/h1-17,26-28H,18H2/t26-,27-,28-,33+/m0/s1. The molecule has 4 atom stereocenters. The number of hydrogen-bond donors (Lipinski definition) is 0. The van der Waals surface area contributed by atoms with Gasteiger partial charge in [0.1, 0.15) is 11.6 Å². The highest BCUT2D eigenvalue weighted by Crippen LogP contribution is 2.63. The lowest BCUT2D eigenvalue weighted by atomic mass is 9.54. The molecule has 0 saturated carbocycles. The maximum absolute atomic E-state index is 14.7. The molecule has 0 unspecified atom stereocenters. The van der Waals surface area contributed by atoms with Crippen molar-refractivity contribution in [2.24, 2.45) is 11.3 Å². The largest absolute Gasteiger partial charge is 0.274 e. The summed E-state index contributed by atoms with van der Waals surface area (Å²) in [7, 11) is 0. The van der Waals surface area contributed by atoms with Crippen LogP contribution >= 0.6 is 0 Å². The highest BCUT2D eigenvalue weighted by Gasteiger charge is 2.73. The summed E-state index contributed by atoms with van der Waals surface area (Å²) in [6, 6.07) is 26.1. The van der Waals surface area contributed by atoms with E-state index in [0.717, 1.165) is 27.5 Å². The lowest BCUT2D eigenvalue weighted by molar-refractivity contribution is -0.138. The molecule has 2 fully saturated rings. The molecule has 6 nitrogen and oxygen atoms in total. The Morgan fingerprint density at radius 1 is 0.585 bits per heavy atom. The molecule has 0 bridgehead atoms. The zero-order valence-corrected chi connectivity index (χ0v) is 21.5. The van der Waals surface area contributed by atoms with Gasteiger partial charge in [0.25, 0.3) is 0 Å². The Hall–Kier alpha value is -4.98. The van der Waals surface area contributed by atoms with Crippen molar-refractivity contribution in [3.63, 3.8) is 0 Å². The maximum Gasteiger partial charge on any atom is 0.242 e. The van der Waals surface area contributed by atoms with Crippen molar-refractivity contribution in [1.29, 1.82) is 0 Å². The Morgan fingerprint density at radius 3 is 1.73 bits per heavy atom. The van der Waals surface area contributed by atoms with Gasteiger partial charge >= 0.3 is 0 Å². The van der Waals surface area contributed by atoms with E-state index in [1.54, 1.807) is 36.4 Å². The summed E-state index contributed by atoms with van der Waals surface area (Å²) in [4.78, 5) is 59.6. The first kappa shape index (κ1) is 25.0. The summed E-state index contributed by atoms with van der Waals surface area (Å²) in [5, 5.41) is 0. The minimum absolute atomic E-state index is 0.0204. The number of carbonyl (C=O) groups excluding carboxylic acids is 4. The molecular formula is C33H22F2N2O4. The first-order chi connectivity index (χ1) is 19.8. The van der Waals surface area contributed by atoms with Gasteiger partial charge in [0.2, 0.25) is 23.6 Å². The number of hydrogen-bond acceptors (Lipinski definition) is 4. The molecule has 4 aromatic carbocycles. The highest BCUT2D eigenvalue weighted by molar-refractivity contribution is 6.31. The van der Waals surface area contributed by atoms with Crippen LogP contribution in [-0.4, -0.2) is 23.6 Å². The molecule has 3 aliphatic rings. The Labute approximate surface area is 233 Å². The lowest BCUT2D eigenvalue weighted by Gasteiger charge is -2.43. The predicted octanol–water partition coefficient (Wildman–Crippen LogP) is 5.14. The normalized spacial score (nSPS) is 24.9. The maximum atomic E-state index is 14.7. The van der Waals surface area contributed by atoms with Crippen LogP contribution in [0, 0.1) is 23.0 Å². The van der Waals surface area contributed by atoms with E-state index >= 15 is 0 Å². The van der Waals surface area contributed by atoms with Crippen LogP contribution in [0.5, 0.6) is 0 Å². The van der Waals surface area contributed by atoms with E-state index in [1.165, 1.54) is 36.4 Å². The summed E-state index contributed by atoms with van der Waals surface area (Å²) < 4.78 is 27.6. The van der Waals surface area contributed by atoms with Gasteiger partial charge in [-0.1, -0.05) is 54.6 Å². The third-order valence-corrected chi connectivity index (χ3v) is 8.60. The molecule has 2 saturated heterocycles. The van der Waals surface area contributed by atoms with Gasteiger partial charge in [0.15, 0.2) is 0 Å². The third kappa shape index (κ3) is 3.46. The van der Waals surface area contributed by atoms with Crippen LogP contribution in [0.2, 0.25) is 0 Å². The van der Waals surface area contributed by atoms with E-state index in [9.17, 15) is 28.0 Å². The molecular weight excluding hydrogens is 526 g/mol.